The molecule has 1 heterocycles. The lowest BCUT2D eigenvalue weighted by molar-refractivity contribution is 0.0697. The third-order valence-corrected chi connectivity index (χ3v) is 3.07. The van der Waals surface area contributed by atoms with Crippen LogP contribution in [-0.2, 0) is 0 Å². The van der Waals surface area contributed by atoms with Crippen molar-refractivity contribution in [1.82, 2.24) is 0 Å². The summed E-state index contributed by atoms with van der Waals surface area (Å²) in [5.41, 5.74) is 0.674. The van der Waals surface area contributed by atoms with Gasteiger partial charge in [-0.1, -0.05) is 6.92 Å². The summed E-state index contributed by atoms with van der Waals surface area (Å²) in [4.78, 5) is 12.9. The highest BCUT2D eigenvalue weighted by atomic mass is 19.1. The number of benzene rings is 1. The standard InChI is InChI=1S/C12H14FNO2/c1-2-8-6-14(7-8)11-5-9(13)3-4-10(11)12(15)16/h3-5,8H,2,6-7H2,1H3,(H,15,16). The molecule has 1 N–H and O–H groups in total. The molecule has 0 amide bonds. The van der Waals surface area contributed by atoms with E-state index in [-0.39, 0.29) is 11.4 Å². The molecule has 1 aromatic carbocycles. The van der Waals surface area contributed by atoms with Crippen LogP contribution in [0.25, 0.3) is 0 Å². The fourth-order valence-electron chi connectivity index (χ4n) is 1.97. The van der Waals surface area contributed by atoms with Crippen molar-refractivity contribution >= 4 is 11.7 Å². The van der Waals surface area contributed by atoms with Gasteiger partial charge in [0.2, 0.25) is 0 Å². The summed E-state index contributed by atoms with van der Waals surface area (Å²) in [6.07, 6.45) is 1.08. The van der Waals surface area contributed by atoms with E-state index in [1.54, 1.807) is 0 Å². The van der Waals surface area contributed by atoms with Gasteiger partial charge in [0.25, 0.3) is 0 Å². The zero-order chi connectivity index (χ0) is 11.7. The molecule has 0 aromatic heterocycles. The Hall–Kier alpha value is -1.58. The number of anilines is 1. The highest BCUT2D eigenvalue weighted by Gasteiger charge is 2.28. The molecule has 1 saturated heterocycles. The molecule has 1 fully saturated rings. The number of nitrogens with zero attached hydrogens (tertiary/aromatic N) is 1. The second kappa shape index (κ2) is 4.12. The van der Waals surface area contributed by atoms with Crippen LogP contribution in [0, 0.1) is 11.7 Å². The molecule has 3 nitrogen and oxygen atoms in total. The molecule has 86 valence electrons. The van der Waals surface area contributed by atoms with E-state index in [0.29, 0.717) is 11.6 Å². The van der Waals surface area contributed by atoms with Gasteiger partial charge in [-0.15, -0.1) is 0 Å². The Morgan fingerprint density at radius 3 is 2.81 bits per heavy atom. The van der Waals surface area contributed by atoms with Crippen LogP contribution in [0.5, 0.6) is 0 Å². The molecule has 0 radical (unpaired) electrons. The van der Waals surface area contributed by atoms with Gasteiger partial charge in [0.05, 0.1) is 11.3 Å². The van der Waals surface area contributed by atoms with Gasteiger partial charge < -0.3 is 10.0 Å². The van der Waals surface area contributed by atoms with E-state index in [9.17, 15) is 9.18 Å². The maximum absolute atomic E-state index is 13.1. The largest absolute Gasteiger partial charge is 0.478 e. The van der Waals surface area contributed by atoms with Crippen LogP contribution in [0.1, 0.15) is 23.7 Å². The minimum atomic E-state index is -1.00. The Morgan fingerprint density at radius 2 is 2.25 bits per heavy atom. The molecule has 2 rings (SSSR count). The predicted octanol–water partition coefficient (Wildman–Crippen LogP) is 2.37. The third kappa shape index (κ3) is 1.87. The molecule has 1 aliphatic heterocycles. The van der Waals surface area contributed by atoms with Crippen LogP contribution in [0.2, 0.25) is 0 Å². The third-order valence-electron chi connectivity index (χ3n) is 3.07. The summed E-state index contributed by atoms with van der Waals surface area (Å²) < 4.78 is 13.1. The van der Waals surface area contributed by atoms with E-state index >= 15 is 0 Å². The van der Waals surface area contributed by atoms with Crippen LogP contribution in [0.4, 0.5) is 10.1 Å². The molecule has 1 aliphatic rings. The van der Waals surface area contributed by atoms with E-state index in [2.05, 4.69) is 6.92 Å². The molecule has 0 bridgehead atoms. The quantitative estimate of drug-likeness (QED) is 0.855. The second-order valence-electron chi connectivity index (χ2n) is 4.15. The molecule has 0 saturated carbocycles. The van der Waals surface area contributed by atoms with Crippen molar-refractivity contribution in [3.05, 3.63) is 29.6 Å². The summed E-state index contributed by atoms with van der Waals surface area (Å²) in [5.74, 6) is -0.792. The van der Waals surface area contributed by atoms with Crippen molar-refractivity contribution in [3.8, 4) is 0 Å². The SMILES string of the molecule is CCC1CN(c2cc(F)ccc2C(=O)O)C1. The molecule has 4 heteroatoms. The zero-order valence-electron chi connectivity index (χ0n) is 9.11. The van der Waals surface area contributed by atoms with Crippen LogP contribution >= 0.6 is 0 Å². The molecule has 0 aliphatic carbocycles. The molecule has 0 unspecified atom stereocenters. The molecular weight excluding hydrogens is 209 g/mol. The lowest BCUT2D eigenvalue weighted by atomic mass is 9.95. The Kier molecular flexibility index (Phi) is 2.81. The number of hydrogen-bond donors (Lipinski definition) is 1. The lowest BCUT2D eigenvalue weighted by Gasteiger charge is -2.41. The van der Waals surface area contributed by atoms with Crippen molar-refractivity contribution < 1.29 is 14.3 Å². The van der Waals surface area contributed by atoms with Gasteiger partial charge >= 0.3 is 5.97 Å². The monoisotopic (exact) mass is 223 g/mol. The van der Waals surface area contributed by atoms with Gasteiger partial charge in [-0.25, -0.2) is 9.18 Å². The van der Waals surface area contributed by atoms with Crippen molar-refractivity contribution in [3.63, 3.8) is 0 Å². The van der Waals surface area contributed by atoms with Crippen LogP contribution in [-0.4, -0.2) is 24.2 Å². The first-order valence-electron chi connectivity index (χ1n) is 5.39. The van der Waals surface area contributed by atoms with Gasteiger partial charge in [0.15, 0.2) is 0 Å². The number of rotatable bonds is 3. The second-order valence-corrected chi connectivity index (χ2v) is 4.15. The fraction of sp³-hybridized carbons (Fsp3) is 0.417. The first-order chi connectivity index (χ1) is 7.61. The average molecular weight is 223 g/mol. The van der Waals surface area contributed by atoms with Gasteiger partial charge in [-0.2, -0.15) is 0 Å². The number of carboxylic acids is 1. The number of carboxylic acid groups (broad SMARTS) is 1. The first kappa shape index (κ1) is 10.9. The van der Waals surface area contributed by atoms with Gasteiger partial charge in [-0.3, -0.25) is 0 Å². The minimum absolute atomic E-state index is 0.177. The van der Waals surface area contributed by atoms with Crippen LogP contribution < -0.4 is 4.90 Å². The van der Waals surface area contributed by atoms with Crippen LogP contribution in [0.15, 0.2) is 18.2 Å². The smallest absolute Gasteiger partial charge is 0.337 e. The van der Waals surface area contributed by atoms with E-state index < -0.39 is 5.97 Å². The van der Waals surface area contributed by atoms with Gasteiger partial charge in [0, 0.05) is 13.1 Å². The summed E-state index contributed by atoms with van der Waals surface area (Å²) in [7, 11) is 0. The number of carbonyl (C=O) groups is 1. The van der Waals surface area contributed by atoms with Crippen molar-refractivity contribution in [2.75, 3.05) is 18.0 Å². The van der Waals surface area contributed by atoms with Crippen LogP contribution in [0.3, 0.4) is 0 Å². The lowest BCUT2D eigenvalue weighted by Crippen LogP contribution is -2.47. The summed E-state index contributed by atoms with van der Waals surface area (Å²) in [6.45, 7) is 3.74. The Balaban J connectivity index is 2.25. The van der Waals surface area contributed by atoms with E-state index in [1.807, 2.05) is 4.90 Å². The first-order valence-corrected chi connectivity index (χ1v) is 5.39. The highest BCUT2D eigenvalue weighted by molar-refractivity contribution is 5.94. The Morgan fingerprint density at radius 1 is 1.56 bits per heavy atom. The fourth-order valence-corrected chi connectivity index (χ4v) is 1.97. The molecule has 0 atom stereocenters. The van der Waals surface area contributed by atoms with Gasteiger partial charge in [-0.05, 0) is 30.5 Å². The van der Waals surface area contributed by atoms with Crippen molar-refractivity contribution in [2.45, 2.75) is 13.3 Å². The van der Waals surface area contributed by atoms with Gasteiger partial charge in [0.1, 0.15) is 5.82 Å². The Bertz CT molecular complexity index is 413. The highest BCUT2D eigenvalue weighted by Crippen LogP contribution is 2.30. The number of halogens is 1. The molecule has 16 heavy (non-hydrogen) atoms. The van der Waals surface area contributed by atoms with E-state index in [4.69, 9.17) is 5.11 Å². The summed E-state index contributed by atoms with van der Waals surface area (Å²) in [5, 5.41) is 9.00. The Labute approximate surface area is 93.5 Å². The topological polar surface area (TPSA) is 40.5 Å². The van der Waals surface area contributed by atoms with Crippen molar-refractivity contribution in [2.24, 2.45) is 5.92 Å². The predicted molar refractivity (Wildman–Crippen MR) is 59.4 cm³/mol. The molecular formula is C12H14FNO2. The molecule has 0 spiro atoms. The average Bonchev–Trinajstić information content (AvgIpc) is 2.15. The summed E-state index contributed by atoms with van der Waals surface area (Å²) in [6, 6.07) is 3.81. The van der Waals surface area contributed by atoms with E-state index in [0.717, 1.165) is 19.5 Å². The zero-order valence-corrected chi connectivity index (χ0v) is 9.11. The number of aromatic carboxylic acids is 1. The minimum Gasteiger partial charge on any atom is -0.478 e. The maximum atomic E-state index is 13.1. The molecule has 1 aromatic rings. The van der Waals surface area contributed by atoms with Crippen molar-refractivity contribution in [1.29, 1.82) is 0 Å². The number of hydrogen-bond acceptors (Lipinski definition) is 2. The van der Waals surface area contributed by atoms with E-state index in [1.165, 1.54) is 18.2 Å². The normalized spacial score (nSPS) is 16.0. The maximum Gasteiger partial charge on any atom is 0.337 e. The summed E-state index contributed by atoms with van der Waals surface area (Å²) >= 11 is 0.